The van der Waals surface area contributed by atoms with Crippen molar-refractivity contribution < 1.29 is 22.7 Å². The van der Waals surface area contributed by atoms with Crippen LogP contribution in [0.2, 0.25) is 0 Å². The molecule has 3 rings (SSSR count). The molecule has 0 atom stereocenters. The van der Waals surface area contributed by atoms with Gasteiger partial charge in [-0.15, -0.1) is 11.3 Å². The molecule has 8 heteroatoms. The average Bonchev–Trinajstić information content (AvgIpc) is 3.03. The highest BCUT2D eigenvalue weighted by Crippen LogP contribution is 2.33. The van der Waals surface area contributed by atoms with Crippen LogP contribution in [-0.2, 0) is 0 Å². The minimum Gasteiger partial charge on any atom is -0.434 e. The minimum absolute atomic E-state index is 0.00851. The molecule has 2 aromatic carbocycles. The van der Waals surface area contributed by atoms with Crippen LogP contribution in [0.1, 0.15) is 10.4 Å². The lowest BCUT2D eigenvalue weighted by Gasteiger charge is -2.08. The number of halogens is 3. The van der Waals surface area contributed by atoms with Gasteiger partial charge in [0, 0.05) is 16.5 Å². The maximum Gasteiger partial charge on any atom is 0.387 e. The van der Waals surface area contributed by atoms with Crippen LogP contribution in [0.25, 0.3) is 11.3 Å². The van der Waals surface area contributed by atoms with Crippen LogP contribution < -0.4 is 10.1 Å². The number of aromatic nitrogens is 1. The van der Waals surface area contributed by atoms with Crippen LogP contribution in [0, 0.1) is 5.82 Å². The summed E-state index contributed by atoms with van der Waals surface area (Å²) in [6.45, 7) is -2.95. The molecule has 1 amide bonds. The molecule has 0 aliphatic rings. The van der Waals surface area contributed by atoms with E-state index >= 15 is 0 Å². The van der Waals surface area contributed by atoms with Crippen LogP contribution in [0.3, 0.4) is 0 Å². The number of alkyl halides is 2. The Balaban J connectivity index is 1.80. The number of para-hydroxylation sites is 1. The fourth-order valence-electron chi connectivity index (χ4n) is 2.13. The van der Waals surface area contributed by atoms with E-state index in [1.807, 2.05) is 0 Å². The van der Waals surface area contributed by atoms with Crippen molar-refractivity contribution in [1.82, 2.24) is 4.98 Å². The number of ether oxygens (including phenoxy) is 1. The van der Waals surface area contributed by atoms with Crippen LogP contribution in [-0.4, -0.2) is 17.5 Å². The summed E-state index contributed by atoms with van der Waals surface area (Å²) >= 11 is 1.12. The van der Waals surface area contributed by atoms with E-state index in [9.17, 15) is 18.0 Å². The number of nitrogens with zero attached hydrogens (tertiary/aromatic N) is 1. The summed E-state index contributed by atoms with van der Waals surface area (Å²) in [5, 5.41) is 4.41. The lowest BCUT2D eigenvalue weighted by molar-refractivity contribution is -0.0494. The second-order valence-corrected chi connectivity index (χ2v) is 5.74. The SMILES string of the molecule is O=C(Nc1nc(-c2ccccc2OC(F)F)cs1)c1cccc(F)c1. The van der Waals surface area contributed by atoms with Gasteiger partial charge in [0.15, 0.2) is 5.13 Å². The Labute approximate surface area is 144 Å². The highest BCUT2D eigenvalue weighted by Gasteiger charge is 2.15. The molecule has 0 fully saturated rings. The van der Waals surface area contributed by atoms with Gasteiger partial charge in [-0.25, -0.2) is 9.37 Å². The quantitative estimate of drug-likeness (QED) is 0.707. The van der Waals surface area contributed by atoms with Crippen LogP contribution in [0.5, 0.6) is 5.75 Å². The number of carbonyl (C=O) groups excluding carboxylic acids is 1. The number of amides is 1. The molecule has 4 nitrogen and oxygen atoms in total. The summed E-state index contributed by atoms with van der Waals surface area (Å²) in [7, 11) is 0. The van der Waals surface area contributed by atoms with Crippen LogP contribution in [0.4, 0.5) is 18.3 Å². The molecule has 1 heterocycles. The highest BCUT2D eigenvalue weighted by molar-refractivity contribution is 7.14. The first kappa shape index (κ1) is 17.0. The lowest BCUT2D eigenvalue weighted by atomic mass is 10.1. The Hall–Kier alpha value is -2.87. The van der Waals surface area contributed by atoms with E-state index < -0.39 is 18.3 Å². The standard InChI is InChI=1S/C17H11F3N2O2S/c18-11-5-3-4-10(8-11)15(23)22-17-21-13(9-25-17)12-6-1-2-7-14(12)24-16(19)20/h1-9,16H,(H,21,22,23). The Bertz CT molecular complexity index is 899. The predicted octanol–water partition coefficient (Wildman–Crippen LogP) is 4.80. The molecule has 0 saturated carbocycles. The van der Waals surface area contributed by atoms with Gasteiger partial charge in [-0.3, -0.25) is 10.1 Å². The Morgan fingerprint density at radius 2 is 1.96 bits per heavy atom. The molecule has 0 aliphatic heterocycles. The van der Waals surface area contributed by atoms with Crippen molar-refractivity contribution in [2.75, 3.05) is 5.32 Å². The third kappa shape index (κ3) is 4.16. The number of benzene rings is 2. The van der Waals surface area contributed by atoms with Crippen molar-refractivity contribution in [3.05, 3.63) is 65.3 Å². The van der Waals surface area contributed by atoms with Gasteiger partial charge in [-0.2, -0.15) is 8.78 Å². The second kappa shape index (κ2) is 7.35. The number of hydrogen-bond acceptors (Lipinski definition) is 4. The zero-order valence-corrected chi connectivity index (χ0v) is 13.4. The van der Waals surface area contributed by atoms with Crippen molar-refractivity contribution >= 4 is 22.4 Å². The molecule has 0 radical (unpaired) electrons. The fourth-order valence-corrected chi connectivity index (χ4v) is 2.84. The van der Waals surface area contributed by atoms with Gasteiger partial charge in [0.1, 0.15) is 11.6 Å². The summed E-state index contributed by atoms with van der Waals surface area (Å²) in [5.74, 6) is -1.05. The molecule has 0 spiro atoms. The van der Waals surface area contributed by atoms with Gasteiger partial charge in [0.2, 0.25) is 0 Å². The minimum atomic E-state index is -2.95. The Morgan fingerprint density at radius 1 is 1.16 bits per heavy atom. The normalized spacial score (nSPS) is 10.7. The lowest BCUT2D eigenvalue weighted by Crippen LogP contribution is -2.11. The van der Waals surface area contributed by atoms with E-state index in [4.69, 9.17) is 0 Å². The molecule has 0 bridgehead atoms. The van der Waals surface area contributed by atoms with Crippen molar-refractivity contribution in [3.8, 4) is 17.0 Å². The van der Waals surface area contributed by atoms with Gasteiger partial charge in [0.05, 0.1) is 5.69 Å². The van der Waals surface area contributed by atoms with Gasteiger partial charge in [-0.1, -0.05) is 18.2 Å². The van der Waals surface area contributed by atoms with Gasteiger partial charge in [0.25, 0.3) is 5.91 Å². The third-order valence-corrected chi connectivity index (χ3v) is 3.95. The van der Waals surface area contributed by atoms with E-state index in [0.29, 0.717) is 11.3 Å². The number of nitrogens with one attached hydrogen (secondary N) is 1. The second-order valence-electron chi connectivity index (χ2n) is 4.88. The first-order valence-electron chi connectivity index (χ1n) is 7.09. The zero-order valence-electron chi connectivity index (χ0n) is 12.6. The number of hydrogen-bond donors (Lipinski definition) is 1. The van der Waals surface area contributed by atoms with E-state index in [1.165, 1.54) is 24.3 Å². The molecule has 3 aromatic rings. The van der Waals surface area contributed by atoms with Gasteiger partial charge in [-0.05, 0) is 30.3 Å². The summed E-state index contributed by atoms with van der Waals surface area (Å²) in [4.78, 5) is 16.3. The molecule has 0 aliphatic carbocycles. The van der Waals surface area contributed by atoms with Crippen molar-refractivity contribution in [3.63, 3.8) is 0 Å². The maximum absolute atomic E-state index is 13.2. The first-order chi connectivity index (χ1) is 12.0. The molecule has 0 saturated heterocycles. The number of rotatable bonds is 5. The highest BCUT2D eigenvalue weighted by atomic mass is 32.1. The van der Waals surface area contributed by atoms with Crippen LogP contribution in [0.15, 0.2) is 53.9 Å². The smallest absolute Gasteiger partial charge is 0.387 e. The topological polar surface area (TPSA) is 51.2 Å². The van der Waals surface area contributed by atoms with E-state index in [2.05, 4.69) is 15.0 Å². The molecule has 1 N–H and O–H groups in total. The fraction of sp³-hybridized carbons (Fsp3) is 0.0588. The molecule has 0 unspecified atom stereocenters. The molecular weight excluding hydrogens is 353 g/mol. The maximum atomic E-state index is 13.2. The van der Waals surface area contributed by atoms with Crippen molar-refractivity contribution in [2.45, 2.75) is 6.61 Å². The summed E-state index contributed by atoms with van der Waals surface area (Å²) in [6.07, 6.45) is 0. The Morgan fingerprint density at radius 3 is 2.72 bits per heavy atom. The number of thiazole rings is 1. The van der Waals surface area contributed by atoms with E-state index in [0.717, 1.165) is 17.4 Å². The summed E-state index contributed by atoms with van der Waals surface area (Å²) in [5.41, 5.74) is 0.916. The summed E-state index contributed by atoms with van der Waals surface area (Å²) < 4.78 is 42.6. The van der Waals surface area contributed by atoms with Gasteiger partial charge < -0.3 is 4.74 Å². The average molecular weight is 364 g/mol. The first-order valence-corrected chi connectivity index (χ1v) is 7.97. The number of carbonyl (C=O) groups is 1. The number of anilines is 1. The molecular formula is C17H11F3N2O2S. The molecule has 128 valence electrons. The summed E-state index contributed by atoms with van der Waals surface area (Å²) in [6, 6.07) is 11.5. The zero-order chi connectivity index (χ0) is 17.8. The predicted molar refractivity (Wildman–Crippen MR) is 88.5 cm³/mol. The van der Waals surface area contributed by atoms with Crippen molar-refractivity contribution in [2.24, 2.45) is 0 Å². The van der Waals surface area contributed by atoms with Crippen molar-refractivity contribution in [1.29, 1.82) is 0 Å². The van der Waals surface area contributed by atoms with Crippen LogP contribution >= 0.6 is 11.3 Å². The van der Waals surface area contributed by atoms with E-state index in [1.54, 1.807) is 23.6 Å². The monoisotopic (exact) mass is 364 g/mol. The Kier molecular flexibility index (Phi) is 4.99. The third-order valence-electron chi connectivity index (χ3n) is 3.19. The molecule has 25 heavy (non-hydrogen) atoms. The van der Waals surface area contributed by atoms with E-state index in [-0.39, 0.29) is 16.4 Å². The largest absolute Gasteiger partial charge is 0.434 e. The van der Waals surface area contributed by atoms with Gasteiger partial charge >= 0.3 is 6.61 Å². The molecule has 1 aromatic heterocycles.